The third-order valence-corrected chi connectivity index (χ3v) is 4.92. The van der Waals surface area contributed by atoms with Gasteiger partial charge in [-0.1, -0.05) is 35.5 Å². The normalized spacial score (nSPS) is 15.0. The number of aromatic nitrogens is 3. The summed E-state index contributed by atoms with van der Waals surface area (Å²) in [6.45, 7) is 1.44. The molecule has 1 fully saturated rings. The molecular formula is C20H21N5O2. The molecule has 1 saturated heterocycles. The van der Waals surface area contributed by atoms with Crippen LogP contribution in [0, 0.1) is 0 Å². The highest BCUT2D eigenvalue weighted by atomic mass is 16.2. The molecule has 2 amide bonds. The number of hydrogen-bond acceptors (Lipinski definition) is 4. The standard InChI is InChI=1S/C20H21N5O2/c26-19(14-25-18-9-5-4-8-17(18)22-23-25)24-12-10-16(11-13-24)21-20(27)15-6-2-1-3-7-15/h1-9,16H,10-14H2,(H,21,27). The Bertz CT molecular complexity index is 945. The van der Waals surface area contributed by atoms with Crippen LogP contribution in [0.4, 0.5) is 0 Å². The smallest absolute Gasteiger partial charge is 0.251 e. The van der Waals surface area contributed by atoms with Crippen LogP contribution >= 0.6 is 0 Å². The average molecular weight is 363 g/mol. The van der Waals surface area contributed by atoms with E-state index >= 15 is 0 Å². The van der Waals surface area contributed by atoms with Crippen molar-refractivity contribution in [3.8, 4) is 0 Å². The fourth-order valence-corrected chi connectivity index (χ4v) is 3.39. The van der Waals surface area contributed by atoms with Crippen LogP contribution in [0.15, 0.2) is 54.6 Å². The highest BCUT2D eigenvalue weighted by molar-refractivity contribution is 5.94. The van der Waals surface area contributed by atoms with Crippen LogP contribution in [0.5, 0.6) is 0 Å². The van der Waals surface area contributed by atoms with Crippen molar-refractivity contribution in [2.45, 2.75) is 25.4 Å². The maximum Gasteiger partial charge on any atom is 0.251 e. The van der Waals surface area contributed by atoms with Gasteiger partial charge >= 0.3 is 0 Å². The Kier molecular flexibility index (Phi) is 4.82. The van der Waals surface area contributed by atoms with Gasteiger partial charge in [0.25, 0.3) is 5.91 Å². The summed E-state index contributed by atoms with van der Waals surface area (Å²) < 4.78 is 1.64. The summed E-state index contributed by atoms with van der Waals surface area (Å²) >= 11 is 0. The summed E-state index contributed by atoms with van der Waals surface area (Å²) in [5.41, 5.74) is 2.30. The molecule has 1 aliphatic rings. The van der Waals surface area contributed by atoms with Gasteiger partial charge in [-0.2, -0.15) is 0 Å². The third kappa shape index (κ3) is 3.81. The zero-order valence-electron chi connectivity index (χ0n) is 14.9. The minimum atomic E-state index is -0.0607. The fraction of sp³-hybridized carbons (Fsp3) is 0.300. The monoisotopic (exact) mass is 363 g/mol. The average Bonchev–Trinajstić information content (AvgIpc) is 3.12. The third-order valence-electron chi connectivity index (χ3n) is 4.92. The minimum Gasteiger partial charge on any atom is -0.349 e. The molecule has 0 saturated carbocycles. The van der Waals surface area contributed by atoms with Crippen molar-refractivity contribution in [1.82, 2.24) is 25.2 Å². The first-order valence-corrected chi connectivity index (χ1v) is 9.12. The second kappa shape index (κ2) is 7.57. The van der Waals surface area contributed by atoms with E-state index in [1.165, 1.54) is 0 Å². The van der Waals surface area contributed by atoms with Gasteiger partial charge < -0.3 is 10.2 Å². The largest absolute Gasteiger partial charge is 0.349 e. The molecule has 0 atom stereocenters. The number of nitrogens with one attached hydrogen (secondary N) is 1. The van der Waals surface area contributed by atoms with Gasteiger partial charge in [0.15, 0.2) is 0 Å². The van der Waals surface area contributed by atoms with Crippen molar-refractivity contribution in [3.63, 3.8) is 0 Å². The lowest BCUT2D eigenvalue weighted by Gasteiger charge is -2.32. The van der Waals surface area contributed by atoms with Gasteiger partial charge in [0, 0.05) is 24.7 Å². The Morgan fingerprint density at radius 1 is 1.00 bits per heavy atom. The van der Waals surface area contributed by atoms with Crippen LogP contribution in [0.25, 0.3) is 11.0 Å². The van der Waals surface area contributed by atoms with Crippen molar-refractivity contribution < 1.29 is 9.59 Å². The van der Waals surface area contributed by atoms with Crippen LogP contribution in [0.1, 0.15) is 23.2 Å². The molecule has 7 nitrogen and oxygen atoms in total. The number of fused-ring (bicyclic) bond motifs is 1. The number of benzene rings is 2. The van der Waals surface area contributed by atoms with Crippen LogP contribution in [0.2, 0.25) is 0 Å². The molecule has 27 heavy (non-hydrogen) atoms. The Labute approximate surface area is 157 Å². The summed E-state index contributed by atoms with van der Waals surface area (Å²) in [5.74, 6) is -0.0343. The highest BCUT2D eigenvalue weighted by Gasteiger charge is 2.24. The van der Waals surface area contributed by atoms with Crippen LogP contribution in [-0.2, 0) is 11.3 Å². The number of piperidine rings is 1. The maximum absolute atomic E-state index is 12.6. The molecule has 7 heteroatoms. The Morgan fingerprint density at radius 3 is 2.48 bits per heavy atom. The summed E-state index contributed by atoms with van der Waals surface area (Å²) in [6.07, 6.45) is 1.50. The van der Waals surface area contributed by atoms with Crippen molar-refractivity contribution >= 4 is 22.8 Å². The number of hydrogen-bond donors (Lipinski definition) is 1. The fourth-order valence-electron chi connectivity index (χ4n) is 3.39. The summed E-state index contributed by atoms with van der Waals surface area (Å²) in [7, 11) is 0. The highest BCUT2D eigenvalue weighted by Crippen LogP contribution is 2.14. The topological polar surface area (TPSA) is 80.1 Å². The molecule has 2 aromatic carbocycles. The van der Waals surface area contributed by atoms with Crippen molar-refractivity contribution in [3.05, 3.63) is 60.2 Å². The Morgan fingerprint density at radius 2 is 1.70 bits per heavy atom. The van der Waals surface area contributed by atoms with Crippen molar-refractivity contribution in [2.24, 2.45) is 0 Å². The van der Waals surface area contributed by atoms with E-state index in [2.05, 4.69) is 15.6 Å². The van der Waals surface area contributed by atoms with Crippen LogP contribution < -0.4 is 5.32 Å². The van der Waals surface area contributed by atoms with E-state index in [1.807, 2.05) is 47.4 Å². The van der Waals surface area contributed by atoms with Gasteiger partial charge in [-0.25, -0.2) is 4.68 Å². The van der Waals surface area contributed by atoms with E-state index < -0.39 is 0 Å². The second-order valence-corrected chi connectivity index (χ2v) is 6.73. The van der Waals surface area contributed by atoms with Crippen LogP contribution in [0.3, 0.4) is 0 Å². The number of likely N-dealkylation sites (tertiary alicyclic amines) is 1. The lowest BCUT2D eigenvalue weighted by Crippen LogP contribution is -2.47. The van der Waals surface area contributed by atoms with Gasteiger partial charge in [-0.05, 0) is 37.1 Å². The molecule has 1 aromatic heterocycles. The molecule has 1 aliphatic heterocycles. The van der Waals surface area contributed by atoms with Gasteiger partial charge in [0.2, 0.25) is 5.91 Å². The summed E-state index contributed by atoms with van der Waals surface area (Å²) in [4.78, 5) is 26.7. The SMILES string of the molecule is O=C(NC1CCN(C(=O)Cn2nnc3ccccc32)CC1)c1ccccc1. The molecule has 1 N–H and O–H groups in total. The molecule has 0 unspecified atom stereocenters. The van der Waals surface area contributed by atoms with E-state index in [-0.39, 0.29) is 24.4 Å². The van der Waals surface area contributed by atoms with Gasteiger partial charge in [-0.15, -0.1) is 5.10 Å². The lowest BCUT2D eigenvalue weighted by molar-refractivity contribution is -0.133. The van der Waals surface area contributed by atoms with E-state index in [9.17, 15) is 9.59 Å². The molecule has 0 radical (unpaired) electrons. The predicted octanol–water partition coefficient (Wildman–Crippen LogP) is 1.85. The minimum absolute atomic E-state index is 0.0264. The van der Waals surface area contributed by atoms with Crippen molar-refractivity contribution in [2.75, 3.05) is 13.1 Å². The molecule has 138 valence electrons. The molecule has 3 aromatic rings. The van der Waals surface area contributed by atoms with E-state index in [1.54, 1.807) is 16.8 Å². The molecule has 0 bridgehead atoms. The second-order valence-electron chi connectivity index (χ2n) is 6.73. The predicted molar refractivity (Wildman–Crippen MR) is 101 cm³/mol. The van der Waals surface area contributed by atoms with Gasteiger partial charge in [0.05, 0.1) is 5.52 Å². The number of carbonyl (C=O) groups is 2. The maximum atomic E-state index is 12.6. The number of carbonyl (C=O) groups excluding carboxylic acids is 2. The quantitative estimate of drug-likeness (QED) is 0.767. The zero-order chi connectivity index (χ0) is 18.6. The van der Waals surface area contributed by atoms with Gasteiger partial charge in [-0.3, -0.25) is 9.59 Å². The number of nitrogens with zero attached hydrogens (tertiary/aromatic N) is 4. The molecule has 2 heterocycles. The summed E-state index contributed by atoms with van der Waals surface area (Å²) in [5, 5.41) is 11.2. The Hall–Kier alpha value is -3.22. The molecule has 4 rings (SSSR count). The number of amides is 2. The molecule has 0 aliphatic carbocycles. The van der Waals surface area contributed by atoms with Gasteiger partial charge in [0.1, 0.15) is 12.1 Å². The van der Waals surface area contributed by atoms with E-state index in [4.69, 9.17) is 0 Å². The number of rotatable bonds is 4. The number of para-hydroxylation sites is 1. The lowest BCUT2D eigenvalue weighted by atomic mass is 10.0. The van der Waals surface area contributed by atoms with E-state index in [0.717, 1.165) is 23.9 Å². The first-order valence-electron chi connectivity index (χ1n) is 9.12. The summed E-state index contributed by atoms with van der Waals surface area (Å²) in [6, 6.07) is 16.9. The Balaban J connectivity index is 1.31. The first kappa shape index (κ1) is 17.2. The molecular weight excluding hydrogens is 342 g/mol. The van der Waals surface area contributed by atoms with Crippen LogP contribution in [-0.4, -0.2) is 50.8 Å². The van der Waals surface area contributed by atoms with E-state index in [0.29, 0.717) is 18.7 Å². The molecule has 0 spiro atoms. The van der Waals surface area contributed by atoms with Crippen molar-refractivity contribution in [1.29, 1.82) is 0 Å². The first-order chi connectivity index (χ1) is 13.2. The zero-order valence-corrected chi connectivity index (χ0v) is 14.9.